The van der Waals surface area contributed by atoms with Crippen LogP contribution in [-0.2, 0) is 5.41 Å². The minimum Gasteiger partial charge on any atom is -0.389 e. The summed E-state index contributed by atoms with van der Waals surface area (Å²) in [5, 5.41) is 2.86. The molecule has 96 valence electrons. The lowest BCUT2D eigenvalue weighted by Gasteiger charge is -2.13. The van der Waals surface area contributed by atoms with Crippen molar-refractivity contribution in [3.8, 4) is 11.3 Å². The Bertz CT molecular complexity index is 585. The van der Waals surface area contributed by atoms with Gasteiger partial charge in [0, 0.05) is 16.0 Å². The predicted octanol–water partition coefficient (Wildman–Crippen LogP) is 5.00. The van der Waals surface area contributed by atoms with Crippen LogP contribution in [0.4, 0.5) is 5.00 Å². The van der Waals surface area contributed by atoms with Crippen LogP contribution < -0.4 is 5.73 Å². The number of aromatic nitrogens is 1. The van der Waals surface area contributed by atoms with Gasteiger partial charge in [-0.1, -0.05) is 44.0 Å². The zero-order valence-electron chi connectivity index (χ0n) is 10.4. The van der Waals surface area contributed by atoms with Gasteiger partial charge < -0.3 is 5.73 Å². The molecular weight excluding hydrogens is 287 g/mol. The van der Waals surface area contributed by atoms with Crippen molar-refractivity contribution < 1.29 is 0 Å². The van der Waals surface area contributed by atoms with E-state index >= 15 is 0 Å². The maximum atomic E-state index is 6.18. The molecule has 0 aliphatic carbocycles. The van der Waals surface area contributed by atoms with E-state index in [1.807, 2.05) is 6.07 Å². The monoisotopic (exact) mass is 300 g/mol. The number of benzene rings is 1. The fraction of sp³-hybridized carbons (Fsp3) is 0.308. The summed E-state index contributed by atoms with van der Waals surface area (Å²) < 4.78 is 0. The van der Waals surface area contributed by atoms with E-state index in [0.29, 0.717) is 15.0 Å². The van der Waals surface area contributed by atoms with Crippen LogP contribution in [0, 0.1) is 0 Å². The van der Waals surface area contributed by atoms with E-state index in [4.69, 9.17) is 28.9 Å². The zero-order valence-corrected chi connectivity index (χ0v) is 12.7. The first-order valence-electron chi connectivity index (χ1n) is 5.51. The smallest absolute Gasteiger partial charge is 0.114 e. The summed E-state index contributed by atoms with van der Waals surface area (Å²) in [5.41, 5.74) is 7.59. The van der Waals surface area contributed by atoms with Crippen LogP contribution in [0.1, 0.15) is 25.8 Å². The second-order valence-corrected chi connectivity index (χ2v) is 6.98. The van der Waals surface area contributed by atoms with Crippen molar-refractivity contribution in [2.75, 3.05) is 5.73 Å². The van der Waals surface area contributed by atoms with E-state index in [0.717, 1.165) is 16.3 Å². The van der Waals surface area contributed by atoms with Crippen molar-refractivity contribution in [3.63, 3.8) is 0 Å². The molecule has 0 fully saturated rings. The molecule has 0 bridgehead atoms. The van der Waals surface area contributed by atoms with Gasteiger partial charge in [0.25, 0.3) is 0 Å². The van der Waals surface area contributed by atoms with Crippen LogP contribution in [0.3, 0.4) is 0 Å². The Morgan fingerprint density at radius 3 is 2.39 bits per heavy atom. The fourth-order valence-electron chi connectivity index (χ4n) is 1.53. The SMILES string of the molecule is CC(C)(C)c1nc(-c2ccc(Cl)cc2Cl)c(N)s1. The first-order chi connectivity index (χ1) is 8.29. The number of thiazole rings is 1. The third-order valence-corrected chi connectivity index (χ3v) is 4.34. The van der Waals surface area contributed by atoms with E-state index in [-0.39, 0.29) is 5.41 Å². The molecule has 2 aromatic rings. The Morgan fingerprint density at radius 1 is 1.22 bits per heavy atom. The second-order valence-electron chi connectivity index (χ2n) is 5.11. The van der Waals surface area contributed by atoms with E-state index in [1.165, 1.54) is 11.3 Å². The molecule has 2 nitrogen and oxygen atoms in total. The standard InChI is InChI=1S/C13H14Cl2N2S/c1-13(2,3)12-17-10(11(16)18-12)8-5-4-7(14)6-9(8)15/h4-6H,16H2,1-3H3. The summed E-state index contributed by atoms with van der Waals surface area (Å²) in [7, 11) is 0. The van der Waals surface area contributed by atoms with Crippen LogP contribution in [-0.4, -0.2) is 4.98 Å². The van der Waals surface area contributed by atoms with E-state index in [2.05, 4.69) is 25.8 Å². The van der Waals surface area contributed by atoms with Crippen molar-refractivity contribution >= 4 is 39.5 Å². The lowest BCUT2D eigenvalue weighted by Crippen LogP contribution is -2.10. The molecule has 2 rings (SSSR count). The van der Waals surface area contributed by atoms with Gasteiger partial charge in [0.1, 0.15) is 15.7 Å². The van der Waals surface area contributed by atoms with Gasteiger partial charge in [-0.05, 0) is 18.2 Å². The van der Waals surface area contributed by atoms with Gasteiger partial charge in [-0.15, -0.1) is 11.3 Å². The number of anilines is 1. The van der Waals surface area contributed by atoms with Gasteiger partial charge in [-0.25, -0.2) is 4.98 Å². The Morgan fingerprint density at radius 2 is 1.89 bits per heavy atom. The topological polar surface area (TPSA) is 38.9 Å². The number of hydrogen-bond donors (Lipinski definition) is 1. The average molecular weight is 301 g/mol. The van der Waals surface area contributed by atoms with Crippen LogP contribution >= 0.6 is 34.5 Å². The Hall–Kier alpha value is -0.770. The quantitative estimate of drug-likeness (QED) is 0.805. The highest BCUT2D eigenvalue weighted by molar-refractivity contribution is 7.16. The highest BCUT2D eigenvalue weighted by Gasteiger charge is 2.22. The molecular formula is C13H14Cl2N2S. The van der Waals surface area contributed by atoms with Crippen molar-refractivity contribution in [1.82, 2.24) is 4.98 Å². The lowest BCUT2D eigenvalue weighted by atomic mass is 9.98. The summed E-state index contributed by atoms with van der Waals surface area (Å²) >= 11 is 13.6. The molecule has 0 amide bonds. The Kier molecular flexibility index (Phi) is 3.58. The first-order valence-corrected chi connectivity index (χ1v) is 7.08. The van der Waals surface area contributed by atoms with E-state index < -0.39 is 0 Å². The van der Waals surface area contributed by atoms with Crippen molar-refractivity contribution in [3.05, 3.63) is 33.3 Å². The highest BCUT2D eigenvalue weighted by atomic mass is 35.5. The summed E-state index contributed by atoms with van der Waals surface area (Å²) in [6.45, 7) is 6.33. The molecule has 0 atom stereocenters. The summed E-state index contributed by atoms with van der Waals surface area (Å²) in [6.07, 6.45) is 0. The van der Waals surface area contributed by atoms with Crippen molar-refractivity contribution in [1.29, 1.82) is 0 Å². The highest BCUT2D eigenvalue weighted by Crippen LogP contribution is 2.39. The van der Waals surface area contributed by atoms with Gasteiger partial charge in [0.05, 0.1) is 5.02 Å². The fourth-order valence-corrected chi connectivity index (χ4v) is 2.93. The second kappa shape index (κ2) is 4.72. The molecule has 0 aliphatic heterocycles. The van der Waals surface area contributed by atoms with E-state index in [9.17, 15) is 0 Å². The van der Waals surface area contributed by atoms with Gasteiger partial charge in [-0.2, -0.15) is 0 Å². The Balaban J connectivity index is 2.55. The molecule has 1 aromatic carbocycles. The minimum atomic E-state index is -0.0179. The van der Waals surface area contributed by atoms with Gasteiger partial charge in [-0.3, -0.25) is 0 Å². The Labute approximate surface area is 121 Å². The van der Waals surface area contributed by atoms with Gasteiger partial charge >= 0.3 is 0 Å². The predicted molar refractivity (Wildman–Crippen MR) is 80.7 cm³/mol. The van der Waals surface area contributed by atoms with Crippen LogP contribution in [0.2, 0.25) is 10.0 Å². The van der Waals surface area contributed by atoms with Crippen LogP contribution in [0.5, 0.6) is 0 Å². The number of hydrogen-bond acceptors (Lipinski definition) is 3. The lowest BCUT2D eigenvalue weighted by molar-refractivity contribution is 0.586. The maximum Gasteiger partial charge on any atom is 0.114 e. The molecule has 0 spiro atoms. The van der Waals surface area contributed by atoms with Crippen LogP contribution in [0.15, 0.2) is 18.2 Å². The molecule has 0 radical (unpaired) electrons. The number of halogens is 2. The number of nitrogens with two attached hydrogens (primary N) is 1. The molecule has 0 unspecified atom stereocenters. The molecule has 5 heteroatoms. The van der Waals surface area contributed by atoms with Crippen LogP contribution in [0.25, 0.3) is 11.3 Å². The number of rotatable bonds is 1. The number of nitrogen functional groups attached to an aromatic ring is 1. The minimum absolute atomic E-state index is 0.0179. The molecule has 1 aromatic heterocycles. The molecule has 18 heavy (non-hydrogen) atoms. The van der Waals surface area contributed by atoms with Crippen molar-refractivity contribution in [2.24, 2.45) is 0 Å². The van der Waals surface area contributed by atoms with E-state index in [1.54, 1.807) is 12.1 Å². The van der Waals surface area contributed by atoms with Gasteiger partial charge in [0.15, 0.2) is 0 Å². The summed E-state index contributed by atoms with van der Waals surface area (Å²) in [6, 6.07) is 5.34. The molecule has 0 aliphatic rings. The molecule has 2 N–H and O–H groups in total. The number of nitrogens with zero attached hydrogens (tertiary/aromatic N) is 1. The van der Waals surface area contributed by atoms with Crippen molar-refractivity contribution in [2.45, 2.75) is 26.2 Å². The molecule has 0 saturated heterocycles. The molecule has 1 heterocycles. The largest absolute Gasteiger partial charge is 0.389 e. The average Bonchev–Trinajstić information content (AvgIpc) is 2.60. The summed E-state index contributed by atoms with van der Waals surface area (Å²) in [5.74, 6) is 0. The summed E-state index contributed by atoms with van der Waals surface area (Å²) in [4.78, 5) is 4.61. The zero-order chi connectivity index (χ0) is 13.5. The third-order valence-electron chi connectivity index (χ3n) is 2.48. The normalized spacial score (nSPS) is 11.8. The molecule has 0 saturated carbocycles. The first kappa shape index (κ1) is 13.7. The van der Waals surface area contributed by atoms with Gasteiger partial charge in [0.2, 0.25) is 0 Å². The third kappa shape index (κ3) is 2.63. The maximum absolute atomic E-state index is 6.18.